The highest BCUT2D eigenvalue weighted by Gasteiger charge is 2.30. The van der Waals surface area contributed by atoms with Gasteiger partial charge in [-0.05, 0) is 29.8 Å². The first-order chi connectivity index (χ1) is 10.8. The molecule has 122 valence electrons. The lowest BCUT2D eigenvalue weighted by Gasteiger charge is -2.14. The Morgan fingerprint density at radius 3 is 1.96 bits per heavy atom. The van der Waals surface area contributed by atoms with E-state index in [9.17, 15) is 23.1 Å². The van der Waals surface area contributed by atoms with Crippen molar-refractivity contribution in [1.82, 2.24) is 0 Å². The summed E-state index contributed by atoms with van der Waals surface area (Å²) >= 11 is 0. The van der Waals surface area contributed by atoms with Crippen LogP contribution in [-0.2, 0) is 6.18 Å². The molecule has 2 aromatic rings. The van der Waals surface area contributed by atoms with E-state index in [4.69, 9.17) is 9.47 Å². The molecule has 0 aromatic heterocycles. The summed E-state index contributed by atoms with van der Waals surface area (Å²) in [6, 6.07) is 6.93. The zero-order valence-corrected chi connectivity index (χ0v) is 12.3. The van der Waals surface area contributed by atoms with Crippen molar-refractivity contribution in [2.45, 2.75) is 6.18 Å². The molecule has 0 amide bonds. The smallest absolute Gasteiger partial charge is 0.416 e. The predicted molar refractivity (Wildman–Crippen MR) is 76.9 cm³/mol. The lowest BCUT2D eigenvalue weighted by Crippen LogP contribution is -2.05. The molecule has 4 nitrogen and oxygen atoms in total. The summed E-state index contributed by atoms with van der Waals surface area (Å²) < 4.78 is 48.0. The van der Waals surface area contributed by atoms with Gasteiger partial charge in [0.25, 0.3) is 0 Å². The lowest BCUT2D eigenvalue weighted by atomic mass is 9.97. The highest BCUT2D eigenvalue weighted by atomic mass is 19.4. The van der Waals surface area contributed by atoms with E-state index >= 15 is 0 Å². The van der Waals surface area contributed by atoms with Crippen molar-refractivity contribution in [3.63, 3.8) is 0 Å². The van der Waals surface area contributed by atoms with Gasteiger partial charge in [0.1, 0.15) is 0 Å². The molecule has 0 fully saturated rings. The molecule has 0 saturated heterocycles. The van der Waals surface area contributed by atoms with Gasteiger partial charge in [0.05, 0.1) is 25.3 Å². The van der Waals surface area contributed by atoms with Gasteiger partial charge in [-0.3, -0.25) is 0 Å². The molecule has 0 atom stereocenters. The van der Waals surface area contributed by atoms with Gasteiger partial charge in [0.2, 0.25) is 0 Å². The van der Waals surface area contributed by atoms with Crippen LogP contribution in [0.1, 0.15) is 15.9 Å². The molecule has 0 aliphatic rings. The molecule has 0 heterocycles. The second kappa shape index (κ2) is 6.20. The van der Waals surface area contributed by atoms with Crippen LogP contribution in [0.5, 0.6) is 11.5 Å². The maximum absolute atomic E-state index is 12.6. The predicted octanol–water partition coefficient (Wildman–Crippen LogP) is 4.09. The number of hydrogen-bond donors (Lipinski definition) is 1. The van der Waals surface area contributed by atoms with Crippen LogP contribution in [0.3, 0.4) is 0 Å². The monoisotopic (exact) mass is 326 g/mol. The third kappa shape index (κ3) is 3.39. The average molecular weight is 326 g/mol. The fourth-order valence-corrected chi connectivity index (χ4v) is 2.13. The van der Waals surface area contributed by atoms with E-state index in [0.717, 1.165) is 12.1 Å². The highest BCUT2D eigenvalue weighted by molar-refractivity contribution is 5.97. The number of ether oxygens (including phenoxy) is 2. The molecule has 0 saturated carbocycles. The van der Waals surface area contributed by atoms with Crippen LogP contribution in [0.25, 0.3) is 11.1 Å². The fourth-order valence-electron chi connectivity index (χ4n) is 2.13. The first-order valence-electron chi connectivity index (χ1n) is 6.45. The minimum absolute atomic E-state index is 0.0950. The Labute approximate surface area is 130 Å². The first kappa shape index (κ1) is 16.7. The summed E-state index contributed by atoms with van der Waals surface area (Å²) in [5, 5.41) is 9.32. The highest BCUT2D eigenvalue weighted by Crippen LogP contribution is 2.37. The number of rotatable bonds is 4. The fraction of sp³-hybridized carbons (Fsp3) is 0.188. The van der Waals surface area contributed by atoms with Crippen molar-refractivity contribution in [2.75, 3.05) is 14.2 Å². The number of aromatic carboxylic acids is 1. The summed E-state index contributed by atoms with van der Waals surface area (Å²) in [6.07, 6.45) is -4.45. The van der Waals surface area contributed by atoms with Gasteiger partial charge in [-0.2, -0.15) is 13.2 Å². The first-order valence-corrected chi connectivity index (χ1v) is 6.45. The number of carboxylic acids is 1. The number of alkyl halides is 3. The number of hydrogen-bond acceptors (Lipinski definition) is 3. The largest absolute Gasteiger partial charge is 0.493 e. The molecule has 0 aliphatic carbocycles. The third-order valence-electron chi connectivity index (χ3n) is 3.28. The molecule has 0 unspecified atom stereocenters. The van der Waals surface area contributed by atoms with E-state index in [-0.39, 0.29) is 22.6 Å². The Kier molecular flexibility index (Phi) is 4.49. The van der Waals surface area contributed by atoms with E-state index in [1.165, 1.54) is 38.5 Å². The van der Waals surface area contributed by atoms with E-state index in [1.807, 2.05) is 0 Å². The van der Waals surface area contributed by atoms with Crippen molar-refractivity contribution in [3.05, 3.63) is 47.5 Å². The van der Waals surface area contributed by atoms with Crippen molar-refractivity contribution in [1.29, 1.82) is 0 Å². The van der Waals surface area contributed by atoms with Crippen LogP contribution in [0.4, 0.5) is 13.2 Å². The van der Waals surface area contributed by atoms with Crippen LogP contribution < -0.4 is 9.47 Å². The van der Waals surface area contributed by atoms with Crippen LogP contribution in [0, 0.1) is 0 Å². The van der Waals surface area contributed by atoms with Gasteiger partial charge >= 0.3 is 12.1 Å². The van der Waals surface area contributed by atoms with Crippen molar-refractivity contribution < 1.29 is 32.5 Å². The standard InChI is InChI=1S/C16H13F3O4/c1-22-13-7-11(12(15(20)21)8-14(13)23-2)9-3-5-10(6-4-9)16(17,18)19/h3-8H,1-2H3,(H,20,21). The summed E-state index contributed by atoms with van der Waals surface area (Å²) in [4.78, 5) is 11.4. The van der Waals surface area contributed by atoms with Crippen LogP contribution in [0.2, 0.25) is 0 Å². The molecule has 7 heteroatoms. The number of benzene rings is 2. The molecule has 23 heavy (non-hydrogen) atoms. The average Bonchev–Trinajstić information content (AvgIpc) is 2.52. The van der Waals surface area contributed by atoms with Gasteiger partial charge in [-0.25, -0.2) is 4.79 Å². The SMILES string of the molecule is COc1cc(C(=O)O)c(-c2ccc(C(F)(F)F)cc2)cc1OC. The zero-order valence-electron chi connectivity index (χ0n) is 12.3. The van der Waals surface area contributed by atoms with E-state index in [0.29, 0.717) is 5.56 Å². The topological polar surface area (TPSA) is 55.8 Å². The van der Waals surface area contributed by atoms with Gasteiger partial charge < -0.3 is 14.6 Å². The van der Waals surface area contributed by atoms with E-state index in [1.54, 1.807) is 0 Å². The molecular weight excluding hydrogens is 313 g/mol. The van der Waals surface area contributed by atoms with Crippen LogP contribution >= 0.6 is 0 Å². The quantitative estimate of drug-likeness (QED) is 0.919. The van der Waals surface area contributed by atoms with Gasteiger partial charge in [0, 0.05) is 5.56 Å². The second-order valence-corrected chi connectivity index (χ2v) is 4.63. The van der Waals surface area contributed by atoms with Gasteiger partial charge in [0.15, 0.2) is 11.5 Å². The number of methoxy groups -OCH3 is 2. The molecule has 2 aromatic carbocycles. The maximum Gasteiger partial charge on any atom is 0.416 e. The molecule has 0 aliphatic heterocycles. The zero-order chi connectivity index (χ0) is 17.2. The van der Waals surface area contributed by atoms with E-state index in [2.05, 4.69) is 0 Å². The minimum Gasteiger partial charge on any atom is -0.493 e. The minimum atomic E-state index is -4.45. The summed E-state index contributed by atoms with van der Waals surface area (Å²) in [6.45, 7) is 0. The maximum atomic E-state index is 12.6. The summed E-state index contributed by atoms with van der Waals surface area (Å²) in [5.74, 6) is -0.714. The second-order valence-electron chi connectivity index (χ2n) is 4.63. The number of carbonyl (C=O) groups is 1. The molecular formula is C16H13F3O4. The van der Waals surface area contributed by atoms with Crippen molar-refractivity contribution in [2.24, 2.45) is 0 Å². The number of halogens is 3. The van der Waals surface area contributed by atoms with Gasteiger partial charge in [-0.15, -0.1) is 0 Å². The molecule has 0 bridgehead atoms. The van der Waals surface area contributed by atoms with Gasteiger partial charge in [-0.1, -0.05) is 12.1 Å². The van der Waals surface area contributed by atoms with Crippen molar-refractivity contribution in [3.8, 4) is 22.6 Å². The summed E-state index contributed by atoms with van der Waals surface area (Å²) in [5.41, 5.74) is -0.332. The molecule has 1 N–H and O–H groups in total. The Bertz CT molecular complexity index is 721. The van der Waals surface area contributed by atoms with Crippen molar-refractivity contribution >= 4 is 5.97 Å². The molecule has 2 rings (SSSR count). The normalized spacial score (nSPS) is 11.2. The Balaban J connectivity index is 2.59. The number of carboxylic acid groups (broad SMARTS) is 1. The molecule has 0 spiro atoms. The van der Waals surface area contributed by atoms with Crippen LogP contribution in [0.15, 0.2) is 36.4 Å². The summed E-state index contributed by atoms with van der Waals surface area (Å²) in [7, 11) is 2.75. The Hall–Kier alpha value is -2.70. The third-order valence-corrected chi connectivity index (χ3v) is 3.28. The molecule has 0 radical (unpaired) electrons. The van der Waals surface area contributed by atoms with E-state index < -0.39 is 17.7 Å². The Morgan fingerprint density at radius 1 is 1.00 bits per heavy atom. The van der Waals surface area contributed by atoms with Crippen LogP contribution in [-0.4, -0.2) is 25.3 Å². The lowest BCUT2D eigenvalue weighted by molar-refractivity contribution is -0.137. The Morgan fingerprint density at radius 2 is 1.52 bits per heavy atom.